The first kappa shape index (κ1) is 29.0. The van der Waals surface area contributed by atoms with Crippen LogP contribution in [0.1, 0.15) is 30.1 Å². The summed E-state index contributed by atoms with van der Waals surface area (Å²) in [6.07, 6.45) is 0.890. The number of ether oxygens (including phenoxy) is 2. The SMILES string of the molecule is COc1cccc(S(=O)(=O)N2CCC3(CC2)CN(C(=O)Nc2ccc(F)cc2)[C@@H](CO)c2[nH]c4cc(OC)ccc4c23)c1. The van der Waals surface area contributed by atoms with Crippen LogP contribution in [0.4, 0.5) is 14.9 Å². The number of piperidine rings is 1. The molecule has 1 atom stereocenters. The summed E-state index contributed by atoms with van der Waals surface area (Å²) >= 11 is 0. The molecule has 1 saturated heterocycles. The number of halogens is 1. The topological polar surface area (TPSA) is 124 Å². The van der Waals surface area contributed by atoms with Gasteiger partial charge in [0.25, 0.3) is 0 Å². The quantitative estimate of drug-likeness (QED) is 0.293. The van der Waals surface area contributed by atoms with E-state index in [0.29, 0.717) is 35.7 Å². The normalized spacial score (nSPS) is 18.4. The van der Waals surface area contributed by atoms with Crippen molar-refractivity contribution in [3.63, 3.8) is 0 Å². The Kier molecular flexibility index (Phi) is 7.53. The molecule has 1 spiro atoms. The number of amides is 2. The second-order valence-electron chi connectivity index (χ2n) is 11.0. The summed E-state index contributed by atoms with van der Waals surface area (Å²) in [5.41, 5.74) is 2.30. The molecule has 0 radical (unpaired) electrons. The summed E-state index contributed by atoms with van der Waals surface area (Å²) in [5, 5.41) is 14.3. The van der Waals surface area contributed by atoms with E-state index in [9.17, 15) is 22.7 Å². The third-order valence-corrected chi connectivity index (χ3v) is 10.5. The number of nitrogens with zero attached hydrogens (tertiary/aromatic N) is 2. The molecule has 6 rings (SSSR count). The number of carbonyl (C=O) groups excluding carboxylic acids is 1. The lowest BCUT2D eigenvalue weighted by atomic mass is 9.68. The molecule has 0 saturated carbocycles. The highest BCUT2D eigenvalue weighted by Gasteiger charge is 2.50. The number of hydrogen-bond acceptors (Lipinski definition) is 6. The van der Waals surface area contributed by atoms with Crippen LogP contribution in [0.25, 0.3) is 10.9 Å². The summed E-state index contributed by atoms with van der Waals surface area (Å²) in [4.78, 5) is 18.9. The predicted molar refractivity (Wildman–Crippen MR) is 159 cm³/mol. The molecule has 0 unspecified atom stereocenters. The molecule has 0 aliphatic carbocycles. The van der Waals surface area contributed by atoms with Gasteiger partial charge in [-0.1, -0.05) is 6.07 Å². The standard InChI is InChI=1S/C31H33FN4O6S/c1-41-22-4-3-5-24(16-22)43(39,40)35-14-12-31(13-15-35)19-36(30(38)33-21-8-6-20(32)7-9-21)27(18-37)29-28(31)25-11-10-23(42-2)17-26(25)34-29/h3-11,16-17,27,34,37H,12-15,18-19H2,1-2H3,(H,33,38)/t27-/m0/s1. The van der Waals surface area contributed by atoms with E-state index in [4.69, 9.17) is 9.47 Å². The number of nitrogens with one attached hydrogen (secondary N) is 2. The fourth-order valence-corrected chi connectivity index (χ4v) is 7.90. The van der Waals surface area contributed by atoms with Crippen molar-refractivity contribution in [1.82, 2.24) is 14.2 Å². The lowest BCUT2D eigenvalue weighted by molar-refractivity contribution is 0.0860. The second kappa shape index (κ2) is 11.2. The largest absolute Gasteiger partial charge is 0.497 e. The van der Waals surface area contributed by atoms with Gasteiger partial charge in [0.05, 0.1) is 31.8 Å². The second-order valence-corrected chi connectivity index (χ2v) is 12.9. The molecule has 1 aromatic heterocycles. The van der Waals surface area contributed by atoms with E-state index in [1.807, 2.05) is 18.2 Å². The maximum atomic E-state index is 13.7. The van der Waals surface area contributed by atoms with E-state index in [1.54, 1.807) is 30.2 Å². The number of H-pyrrole nitrogens is 1. The van der Waals surface area contributed by atoms with Gasteiger partial charge in [0, 0.05) is 59.5 Å². The van der Waals surface area contributed by atoms with Crippen molar-refractivity contribution >= 4 is 32.6 Å². The zero-order valence-corrected chi connectivity index (χ0v) is 24.7. The Balaban J connectivity index is 1.38. The summed E-state index contributed by atoms with van der Waals surface area (Å²) < 4.78 is 52.9. The minimum atomic E-state index is -3.79. The molecule has 1 fully saturated rings. The van der Waals surface area contributed by atoms with Gasteiger partial charge >= 0.3 is 6.03 Å². The zero-order chi connectivity index (χ0) is 30.4. The van der Waals surface area contributed by atoms with Crippen LogP contribution >= 0.6 is 0 Å². The Morgan fingerprint density at radius 2 is 1.74 bits per heavy atom. The van der Waals surface area contributed by atoms with Crippen LogP contribution in [-0.2, 0) is 15.4 Å². The van der Waals surface area contributed by atoms with Gasteiger partial charge in [-0.15, -0.1) is 0 Å². The Morgan fingerprint density at radius 3 is 2.42 bits per heavy atom. The van der Waals surface area contributed by atoms with E-state index in [0.717, 1.165) is 16.5 Å². The molecule has 4 aromatic rings. The number of anilines is 1. The van der Waals surface area contributed by atoms with Crippen LogP contribution in [0.15, 0.2) is 71.6 Å². The first-order chi connectivity index (χ1) is 20.7. The maximum absolute atomic E-state index is 13.7. The number of urea groups is 1. The number of aliphatic hydroxyl groups excluding tert-OH is 1. The Hall–Kier alpha value is -4.13. The summed E-state index contributed by atoms with van der Waals surface area (Å²) in [7, 11) is -0.713. The van der Waals surface area contributed by atoms with Gasteiger partial charge in [-0.05, 0) is 66.9 Å². The van der Waals surface area contributed by atoms with Gasteiger partial charge in [0.1, 0.15) is 17.3 Å². The molecule has 2 amide bonds. The van der Waals surface area contributed by atoms with Crippen molar-refractivity contribution in [3.8, 4) is 11.5 Å². The molecular weight excluding hydrogens is 575 g/mol. The highest BCUT2D eigenvalue weighted by molar-refractivity contribution is 7.89. The van der Waals surface area contributed by atoms with Crippen molar-refractivity contribution in [1.29, 1.82) is 0 Å². The molecule has 3 heterocycles. The molecule has 3 N–H and O–H groups in total. The zero-order valence-electron chi connectivity index (χ0n) is 23.8. The lowest BCUT2D eigenvalue weighted by Crippen LogP contribution is -2.56. The minimum Gasteiger partial charge on any atom is -0.497 e. The lowest BCUT2D eigenvalue weighted by Gasteiger charge is -2.49. The van der Waals surface area contributed by atoms with Crippen LogP contribution in [0, 0.1) is 5.82 Å². The number of sulfonamides is 1. The Morgan fingerprint density at radius 1 is 1.05 bits per heavy atom. The summed E-state index contributed by atoms with van der Waals surface area (Å²) in [6, 6.07) is 16.5. The molecule has 12 heteroatoms. The minimum absolute atomic E-state index is 0.159. The van der Waals surface area contributed by atoms with Crippen LogP contribution in [0.3, 0.4) is 0 Å². The first-order valence-electron chi connectivity index (χ1n) is 14.0. The van der Waals surface area contributed by atoms with E-state index in [2.05, 4.69) is 10.3 Å². The number of aliphatic hydroxyl groups is 1. The monoisotopic (exact) mass is 608 g/mol. The number of hydrogen-bond donors (Lipinski definition) is 3. The van der Waals surface area contributed by atoms with E-state index in [-0.39, 0.29) is 31.1 Å². The number of rotatable bonds is 6. The van der Waals surface area contributed by atoms with Crippen molar-refractivity contribution < 1.29 is 32.2 Å². The van der Waals surface area contributed by atoms with Gasteiger partial charge in [0.2, 0.25) is 10.0 Å². The number of methoxy groups -OCH3 is 2. The highest BCUT2D eigenvalue weighted by Crippen LogP contribution is 2.49. The predicted octanol–water partition coefficient (Wildman–Crippen LogP) is 4.63. The summed E-state index contributed by atoms with van der Waals surface area (Å²) in [5.74, 6) is 0.696. The van der Waals surface area contributed by atoms with Crippen LogP contribution < -0.4 is 14.8 Å². The molecular formula is C31H33FN4O6S. The summed E-state index contributed by atoms with van der Waals surface area (Å²) in [6.45, 7) is 0.391. The molecule has 3 aromatic carbocycles. The van der Waals surface area contributed by atoms with E-state index in [1.165, 1.54) is 41.7 Å². The average Bonchev–Trinajstić information content (AvgIpc) is 3.42. The number of carbonyl (C=O) groups is 1. The van der Waals surface area contributed by atoms with Gasteiger partial charge in [-0.25, -0.2) is 17.6 Å². The highest BCUT2D eigenvalue weighted by atomic mass is 32.2. The molecule has 2 aliphatic rings. The Labute approximate surface area is 249 Å². The average molecular weight is 609 g/mol. The molecule has 226 valence electrons. The third-order valence-electron chi connectivity index (χ3n) is 8.64. The van der Waals surface area contributed by atoms with Crippen molar-refractivity contribution in [2.45, 2.75) is 29.2 Å². The molecule has 43 heavy (non-hydrogen) atoms. The van der Waals surface area contributed by atoms with Crippen LogP contribution in [0.5, 0.6) is 11.5 Å². The van der Waals surface area contributed by atoms with Crippen molar-refractivity contribution in [2.24, 2.45) is 0 Å². The van der Waals surface area contributed by atoms with Gasteiger partial charge in [-0.3, -0.25) is 0 Å². The number of aromatic amines is 1. The number of fused-ring (bicyclic) bond motifs is 4. The van der Waals surface area contributed by atoms with E-state index < -0.39 is 33.3 Å². The van der Waals surface area contributed by atoms with E-state index >= 15 is 0 Å². The van der Waals surface area contributed by atoms with Crippen LogP contribution in [0.2, 0.25) is 0 Å². The van der Waals surface area contributed by atoms with Crippen molar-refractivity contribution in [2.75, 3.05) is 45.8 Å². The smallest absolute Gasteiger partial charge is 0.322 e. The van der Waals surface area contributed by atoms with Gasteiger partial charge in [0.15, 0.2) is 0 Å². The molecule has 0 bridgehead atoms. The number of aromatic nitrogens is 1. The fourth-order valence-electron chi connectivity index (χ4n) is 6.42. The fraction of sp³-hybridized carbons (Fsp3) is 0.323. The first-order valence-corrected chi connectivity index (χ1v) is 15.4. The number of benzene rings is 3. The van der Waals surface area contributed by atoms with Crippen molar-refractivity contribution in [3.05, 3.63) is 83.8 Å². The van der Waals surface area contributed by atoms with Gasteiger partial charge in [-0.2, -0.15) is 4.31 Å². The van der Waals surface area contributed by atoms with Crippen LogP contribution in [-0.4, -0.2) is 74.2 Å². The molecule has 10 nitrogen and oxygen atoms in total. The van der Waals surface area contributed by atoms with Gasteiger partial charge < -0.3 is 29.8 Å². The maximum Gasteiger partial charge on any atom is 0.322 e. The molecule has 2 aliphatic heterocycles. The Bertz CT molecular complexity index is 1770. The third kappa shape index (κ3) is 5.09.